The number of carbonyl (C=O) groups excluding carboxylic acids is 3. The summed E-state index contributed by atoms with van der Waals surface area (Å²) >= 11 is 0. The Morgan fingerprint density at radius 2 is 1.21 bits per heavy atom. The van der Waals surface area contributed by atoms with Crippen molar-refractivity contribution < 1.29 is 47.2 Å². The third-order valence-electron chi connectivity index (χ3n) is 5.99. The van der Waals surface area contributed by atoms with Gasteiger partial charge in [-0.1, -0.05) is 60.7 Å². The van der Waals surface area contributed by atoms with Crippen molar-refractivity contribution in [3.63, 3.8) is 0 Å². The molecule has 11 heteroatoms. The van der Waals surface area contributed by atoms with Crippen LogP contribution in [0.15, 0.2) is 60.7 Å². The van der Waals surface area contributed by atoms with Crippen molar-refractivity contribution in [1.29, 1.82) is 0 Å². The van der Waals surface area contributed by atoms with Gasteiger partial charge in [0, 0.05) is 27.9 Å². The molecular formula is C27H33O10P. The molecule has 0 radical (unpaired) electrons. The van der Waals surface area contributed by atoms with E-state index in [-0.39, 0.29) is 19.8 Å². The minimum Gasteiger partial charge on any atom is -0.459 e. The van der Waals surface area contributed by atoms with Gasteiger partial charge >= 0.3 is 17.9 Å². The number of benzene rings is 2. The second-order valence-electron chi connectivity index (χ2n) is 8.81. The van der Waals surface area contributed by atoms with Crippen LogP contribution in [-0.2, 0) is 60.4 Å². The topological polar surface area (TPSA) is 124 Å². The van der Waals surface area contributed by atoms with E-state index in [0.717, 1.165) is 25.0 Å². The number of esters is 3. The summed E-state index contributed by atoms with van der Waals surface area (Å²) in [5, 5.41) is 0. The molecule has 0 unspecified atom stereocenters. The first kappa shape index (κ1) is 29.5. The lowest BCUT2D eigenvalue weighted by Crippen LogP contribution is -2.61. The Kier molecular flexibility index (Phi) is 10.6. The standard InChI is InChI=1S/C27H33O10P/c1-18(28)35-24-23(17-33-15-21-11-7-5-8-12-21)38(31,32-4)27(37-20(3)30)26(36-19(2)29)25(24)34-16-22-13-9-6-10-14-22/h5-14,23-27H,15-17H2,1-4H3/t23-,24+,25-,26+,27+,38+/m0/s1. The third kappa shape index (κ3) is 7.51. The highest BCUT2D eigenvalue weighted by molar-refractivity contribution is 7.60. The van der Waals surface area contributed by atoms with Crippen LogP contribution in [0.25, 0.3) is 0 Å². The van der Waals surface area contributed by atoms with Crippen molar-refractivity contribution in [2.75, 3.05) is 13.7 Å². The Balaban J connectivity index is 2.03. The number of carbonyl (C=O) groups is 3. The summed E-state index contributed by atoms with van der Waals surface area (Å²) in [6.07, 6.45) is -3.76. The molecule has 0 N–H and O–H groups in total. The van der Waals surface area contributed by atoms with E-state index in [1.807, 2.05) is 60.7 Å². The van der Waals surface area contributed by atoms with Crippen LogP contribution in [0.4, 0.5) is 0 Å². The van der Waals surface area contributed by atoms with Gasteiger partial charge in [-0.05, 0) is 11.1 Å². The van der Waals surface area contributed by atoms with Crippen LogP contribution >= 0.6 is 7.37 Å². The van der Waals surface area contributed by atoms with Gasteiger partial charge in [-0.3, -0.25) is 18.9 Å². The van der Waals surface area contributed by atoms with Crippen molar-refractivity contribution in [3.8, 4) is 0 Å². The predicted octanol–water partition coefficient (Wildman–Crippen LogP) is 3.85. The summed E-state index contributed by atoms with van der Waals surface area (Å²) in [6.45, 7) is 3.54. The molecule has 10 nitrogen and oxygen atoms in total. The molecule has 1 heterocycles. The highest BCUT2D eigenvalue weighted by Gasteiger charge is 2.63. The largest absolute Gasteiger partial charge is 0.459 e. The molecule has 0 bridgehead atoms. The van der Waals surface area contributed by atoms with Crippen molar-refractivity contribution in [2.45, 2.75) is 63.8 Å². The van der Waals surface area contributed by atoms with Gasteiger partial charge in [-0.2, -0.15) is 0 Å². The summed E-state index contributed by atoms with van der Waals surface area (Å²) in [4.78, 5) is 36.4. The molecule has 38 heavy (non-hydrogen) atoms. The minimum atomic E-state index is -4.05. The fourth-order valence-corrected chi connectivity index (χ4v) is 7.14. The van der Waals surface area contributed by atoms with Crippen LogP contribution in [0.5, 0.6) is 0 Å². The Bertz CT molecular complexity index is 1120. The van der Waals surface area contributed by atoms with E-state index in [1.165, 1.54) is 14.0 Å². The maximum Gasteiger partial charge on any atom is 0.303 e. The molecule has 3 rings (SSSR count). The fourth-order valence-electron chi connectivity index (χ4n) is 4.40. The van der Waals surface area contributed by atoms with E-state index in [4.69, 9.17) is 28.2 Å². The van der Waals surface area contributed by atoms with E-state index >= 15 is 0 Å². The molecule has 206 valence electrons. The minimum absolute atomic E-state index is 0.0443. The normalized spacial score (nSPS) is 26.8. The first-order valence-electron chi connectivity index (χ1n) is 12.1. The monoisotopic (exact) mass is 548 g/mol. The van der Waals surface area contributed by atoms with Gasteiger partial charge in [0.1, 0.15) is 17.9 Å². The molecule has 0 amide bonds. The van der Waals surface area contributed by atoms with Crippen LogP contribution in [0.3, 0.4) is 0 Å². The molecular weight excluding hydrogens is 515 g/mol. The summed E-state index contributed by atoms with van der Waals surface area (Å²) in [7, 11) is -2.85. The van der Waals surface area contributed by atoms with E-state index in [2.05, 4.69) is 0 Å². The van der Waals surface area contributed by atoms with Crippen LogP contribution in [0.1, 0.15) is 31.9 Å². The lowest BCUT2D eigenvalue weighted by molar-refractivity contribution is -0.196. The van der Waals surface area contributed by atoms with Crippen molar-refractivity contribution in [2.24, 2.45) is 0 Å². The van der Waals surface area contributed by atoms with Gasteiger partial charge in [0.25, 0.3) is 7.37 Å². The molecule has 0 aromatic heterocycles. The molecule has 1 aliphatic rings. The van der Waals surface area contributed by atoms with Crippen LogP contribution in [0, 0.1) is 0 Å². The lowest BCUT2D eigenvalue weighted by atomic mass is 10.0. The summed E-state index contributed by atoms with van der Waals surface area (Å²) < 4.78 is 48.6. The SMILES string of the molecule is CO[P@]1(=O)[C@@H](COCc2ccccc2)[C@@H](OC(C)=O)[C@H](OCc2ccccc2)[C@@H](OC(C)=O)[C@@H]1OC(C)=O. The van der Waals surface area contributed by atoms with Crippen molar-refractivity contribution in [1.82, 2.24) is 0 Å². The number of rotatable bonds is 11. The molecule has 0 aliphatic carbocycles. The Labute approximate surface area is 221 Å². The predicted molar refractivity (Wildman–Crippen MR) is 136 cm³/mol. The Hall–Kier alpha value is -3.04. The Morgan fingerprint density at radius 1 is 0.711 bits per heavy atom. The molecule has 0 saturated carbocycles. The molecule has 0 spiro atoms. The van der Waals surface area contributed by atoms with Gasteiger partial charge in [0.15, 0.2) is 6.10 Å². The zero-order chi connectivity index (χ0) is 27.7. The molecule has 1 saturated heterocycles. The van der Waals surface area contributed by atoms with Gasteiger partial charge in [-0.25, -0.2) is 0 Å². The number of hydrogen-bond acceptors (Lipinski definition) is 10. The van der Waals surface area contributed by atoms with Gasteiger partial charge in [-0.15, -0.1) is 0 Å². The lowest BCUT2D eigenvalue weighted by Gasteiger charge is -2.47. The molecule has 2 aromatic carbocycles. The van der Waals surface area contributed by atoms with Crippen molar-refractivity contribution >= 4 is 25.3 Å². The van der Waals surface area contributed by atoms with E-state index in [1.54, 1.807) is 0 Å². The first-order chi connectivity index (χ1) is 18.2. The van der Waals surface area contributed by atoms with Gasteiger partial charge < -0.3 is 28.2 Å². The van der Waals surface area contributed by atoms with E-state index < -0.39 is 55.1 Å². The average Bonchev–Trinajstić information content (AvgIpc) is 2.88. The van der Waals surface area contributed by atoms with Crippen LogP contribution < -0.4 is 0 Å². The fraction of sp³-hybridized carbons (Fsp3) is 0.444. The second-order valence-corrected chi connectivity index (χ2v) is 11.6. The molecule has 1 aliphatic heterocycles. The average molecular weight is 549 g/mol. The maximum atomic E-state index is 14.4. The zero-order valence-electron chi connectivity index (χ0n) is 21.8. The number of hydrogen-bond donors (Lipinski definition) is 0. The van der Waals surface area contributed by atoms with Gasteiger partial charge in [0.2, 0.25) is 5.85 Å². The smallest absolute Gasteiger partial charge is 0.303 e. The highest BCUT2D eigenvalue weighted by Crippen LogP contribution is 2.63. The Morgan fingerprint density at radius 3 is 1.71 bits per heavy atom. The zero-order valence-corrected chi connectivity index (χ0v) is 22.7. The third-order valence-corrected chi connectivity index (χ3v) is 9.03. The summed E-state index contributed by atoms with van der Waals surface area (Å²) in [5.41, 5.74) is 0.555. The van der Waals surface area contributed by atoms with E-state index in [9.17, 15) is 18.9 Å². The van der Waals surface area contributed by atoms with Gasteiger partial charge in [0.05, 0.1) is 19.8 Å². The maximum absolute atomic E-state index is 14.4. The van der Waals surface area contributed by atoms with Crippen LogP contribution in [-0.4, -0.2) is 61.4 Å². The molecule has 6 atom stereocenters. The summed E-state index contributed by atoms with van der Waals surface area (Å²) in [5.74, 6) is -3.69. The van der Waals surface area contributed by atoms with E-state index in [0.29, 0.717) is 0 Å². The molecule has 2 aromatic rings. The second kappa shape index (κ2) is 13.7. The van der Waals surface area contributed by atoms with Crippen molar-refractivity contribution in [3.05, 3.63) is 71.8 Å². The number of ether oxygens (including phenoxy) is 5. The summed E-state index contributed by atoms with van der Waals surface area (Å²) in [6, 6.07) is 18.5. The first-order valence-corrected chi connectivity index (χ1v) is 13.9. The molecule has 1 fully saturated rings. The highest BCUT2D eigenvalue weighted by atomic mass is 31.2. The quantitative estimate of drug-likeness (QED) is 0.232. The van der Waals surface area contributed by atoms with Crippen LogP contribution in [0.2, 0.25) is 0 Å².